The first kappa shape index (κ1) is 15.6. The minimum absolute atomic E-state index is 0.186. The van der Waals surface area contributed by atoms with Crippen molar-refractivity contribution in [2.75, 3.05) is 13.1 Å². The molecule has 4 rings (SSSR count). The van der Waals surface area contributed by atoms with Crippen molar-refractivity contribution in [3.63, 3.8) is 0 Å². The number of benzene rings is 1. The number of nitrogens with zero attached hydrogens (tertiary/aromatic N) is 5. The summed E-state index contributed by atoms with van der Waals surface area (Å²) in [6.45, 7) is 4.19. The van der Waals surface area contributed by atoms with Crippen molar-refractivity contribution in [3.8, 4) is 11.4 Å². The zero-order valence-corrected chi connectivity index (χ0v) is 14.2. The van der Waals surface area contributed by atoms with Crippen LogP contribution in [-0.4, -0.2) is 43.2 Å². The highest BCUT2D eigenvalue weighted by Gasteiger charge is 2.33. The van der Waals surface area contributed by atoms with Gasteiger partial charge in [-0.25, -0.2) is 4.98 Å². The largest absolute Gasteiger partial charge is 0.338 e. The lowest BCUT2D eigenvalue weighted by Gasteiger charge is -2.41. The Labute approximate surface area is 146 Å². The summed E-state index contributed by atoms with van der Waals surface area (Å²) in [5.41, 5.74) is 2.24. The maximum atomic E-state index is 12.3. The second kappa shape index (κ2) is 6.55. The minimum atomic E-state index is 0.186. The molecule has 0 bridgehead atoms. The lowest BCUT2D eigenvalue weighted by Crippen LogP contribution is -2.51. The average molecular weight is 335 g/mol. The van der Waals surface area contributed by atoms with Gasteiger partial charge in [0.15, 0.2) is 0 Å². The Morgan fingerprint density at radius 1 is 1.20 bits per heavy atom. The summed E-state index contributed by atoms with van der Waals surface area (Å²) in [6, 6.07) is 12.4. The molecule has 2 aromatic heterocycles. The summed E-state index contributed by atoms with van der Waals surface area (Å²) in [5.74, 6) is 1.16. The molecule has 1 saturated heterocycles. The highest BCUT2D eigenvalue weighted by molar-refractivity contribution is 5.77. The van der Waals surface area contributed by atoms with E-state index < -0.39 is 0 Å². The number of imidazole rings is 1. The van der Waals surface area contributed by atoms with Gasteiger partial charge in [-0.05, 0) is 13.0 Å². The summed E-state index contributed by atoms with van der Waals surface area (Å²) >= 11 is 0. The number of rotatable bonds is 5. The predicted octanol–water partition coefficient (Wildman–Crippen LogP) is 2.53. The second-order valence-electron chi connectivity index (χ2n) is 6.43. The fraction of sp³-hybridized carbons (Fsp3) is 0.316. The van der Waals surface area contributed by atoms with Crippen molar-refractivity contribution < 1.29 is 4.79 Å². The molecule has 1 amide bonds. The van der Waals surface area contributed by atoms with E-state index in [1.54, 1.807) is 10.9 Å². The third-order valence-corrected chi connectivity index (χ3v) is 4.71. The molecule has 1 fully saturated rings. The van der Waals surface area contributed by atoms with E-state index in [0.29, 0.717) is 19.0 Å². The maximum absolute atomic E-state index is 12.3. The third kappa shape index (κ3) is 3.07. The molecule has 128 valence electrons. The van der Waals surface area contributed by atoms with Crippen LogP contribution in [0.4, 0.5) is 0 Å². The summed E-state index contributed by atoms with van der Waals surface area (Å²) in [7, 11) is 0. The van der Waals surface area contributed by atoms with E-state index in [2.05, 4.69) is 33.7 Å². The number of carbonyl (C=O) groups excluding carboxylic acids is 1. The zero-order valence-electron chi connectivity index (χ0n) is 14.2. The third-order valence-electron chi connectivity index (χ3n) is 4.71. The summed E-state index contributed by atoms with van der Waals surface area (Å²) in [4.78, 5) is 18.8. The molecule has 6 nitrogen and oxygen atoms in total. The summed E-state index contributed by atoms with van der Waals surface area (Å²) in [5, 5.41) is 4.14. The van der Waals surface area contributed by atoms with Gasteiger partial charge in [-0.1, -0.05) is 30.3 Å². The first-order valence-corrected chi connectivity index (χ1v) is 8.57. The van der Waals surface area contributed by atoms with E-state index in [1.807, 2.05) is 41.6 Å². The van der Waals surface area contributed by atoms with Crippen molar-refractivity contribution in [1.82, 2.24) is 24.2 Å². The molecule has 1 aromatic carbocycles. The monoisotopic (exact) mass is 335 g/mol. The Morgan fingerprint density at radius 2 is 2.00 bits per heavy atom. The van der Waals surface area contributed by atoms with Gasteiger partial charge >= 0.3 is 0 Å². The van der Waals surface area contributed by atoms with Crippen molar-refractivity contribution in [2.45, 2.75) is 25.9 Å². The molecule has 1 aliphatic rings. The SMILES string of the molecule is Cc1cnc(-c2ccccc2)n1C1CN(C(=O)CCn2cccn2)C1. The minimum Gasteiger partial charge on any atom is -0.338 e. The summed E-state index contributed by atoms with van der Waals surface area (Å²) < 4.78 is 4.05. The van der Waals surface area contributed by atoms with Crippen LogP contribution in [0, 0.1) is 6.92 Å². The van der Waals surface area contributed by atoms with Crippen LogP contribution >= 0.6 is 0 Å². The number of hydrogen-bond donors (Lipinski definition) is 0. The van der Waals surface area contributed by atoms with Crippen LogP contribution in [-0.2, 0) is 11.3 Å². The van der Waals surface area contributed by atoms with Crippen LogP contribution in [0.2, 0.25) is 0 Å². The molecule has 3 heterocycles. The first-order chi connectivity index (χ1) is 12.2. The van der Waals surface area contributed by atoms with Crippen molar-refractivity contribution >= 4 is 5.91 Å². The molecular formula is C19H21N5O. The van der Waals surface area contributed by atoms with Gasteiger partial charge in [0, 0.05) is 55.9 Å². The topological polar surface area (TPSA) is 56.0 Å². The first-order valence-electron chi connectivity index (χ1n) is 8.57. The van der Waals surface area contributed by atoms with Gasteiger partial charge in [-0.2, -0.15) is 5.10 Å². The highest BCUT2D eigenvalue weighted by atomic mass is 16.2. The highest BCUT2D eigenvalue weighted by Crippen LogP contribution is 2.29. The van der Waals surface area contributed by atoms with Crippen molar-refractivity contribution in [2.24, 2.45) is 0 Å². The quantitative estimate of drug-likeness (QED) is 0.720. The van der Waals surface area contributed by atoms with Crippen LogP contribution in [0.1, 0.15) is 18.2 Å². The smallest absolute Gasteiger partial charge is 0.224 e. The molecule has 0 aliphatic carbocycles. The molecule has 0 N–H and O–H groups in total. The number of amides is 1. The predicted molar refractivity (Wildman–Crippen MR) is 94.9 cm³/mol. The van der Waals surface area contributed by atoms with Gasteiger partial charge in [-0.3, -0.25) is 9.48 Å². The van der Waals surface area contributed by atoms with Gasteiger partial charge in [0.1, 0.15) is 5.82 Å². The lowest BCUT2D eigenvalue weighted by molar-refractivity contribution is -0.137. The Morgan fingerprint density at radius 3 is 2.72 bits per heavy atom. The number of carbonyl (C=O) groups is 1. The molecule has 1 aliphatic heterocycles. The molecule has 0 radical (unpaired) electrons. The Kier molecular flexibility index (Phi) is 4.09. The van der Waals surface area contributed by atoms with Gasteiger partial charge in [-0.15, -0.1) is 0 Å². The Hall–Kier alpha value is -2.89. The molecule has 0 spiro atoms. The Bertz CT molecular complexity index is 847. The molecule has 0 saturated carbocycles. The van der Waals surface area contributed by atoms with E-state index in [4.69, 9.17) is 0 Å². The van der Waals surface area contributed by atoms with E-state index >= 15 is 0 Å². The van der Waals surface area contributed by atoms with Gasteiger partial charge in [0.05, 0.1) is 6.04 Å². The average Bonchev–Trinajstić information content (AvgIpc) is 3.23. The van der Waals surface area contributed by atoms with E-state index in [1.165, 1.54) is 0 Å². The number of likely N-dealkylation sites (tertiary alicyclic amines) is 1. The second-order valence-corrected chi connectivity index (χ2v) is 6.43. The van der Waals surface area contributed by atoms with Crippen LogP contribution in [0.5, 0.6) is 0 Å². The fourth-order valence-electron chi connectivity index (χ4n) is 3.33. The van der Waals surface area contributed by atoms with Gasteiger partial charge < -0.3 is 9.47 Å². The summed E-state index contributed by atoms with van der Waals surface area (Å²) in [6.07, 6.45) is 6.01. The molecule has 6 heteroatoms. The number of aromatic nitrogens is 4. The van der Waals surface area contributed by atoms with Gasteiger partial charge in [0.2, 0.25) is 5.91 Å². The molecule has 3 aromatic rings. The zero-order chi connectivity index (χ0) is 17.2. The van der Waals surface area contributed by atoms with Crippen LogP contribution in [0.25, 0.3) is 11.4 Å². The molecular weight excluding hydrogens is 314 g/mol. The molecule has 0 atom stereocenters. The molecule has 25 heavy (non-hydrogen) atoms. The lowest BCUT2D eigenvalue weighted by atomic mass is 10.1. The van der Waals surface area contributed by atoms with Crippen LogP contribution in [0.15, 0.2) is 55.0 Å². The Balaban J connectivity index is 1.41. The molecule has 0 unspecified atom stereocenters. The number of aryl methyl sites for hydroxylation is 2. The number of hydrogen-bond acceptors (Lipinski definition) is 3. The fourth-order valence-corrected chi connectivity index (χ4v) is 3.33. The normalized spacial score (nSPS) is 14.5. The van der Waals surface area contributed by atoms with Crippen LogP contribution < -0.4 is 0 Å². The van der Waals surface area contributed by atoms with E-state index in [0.717, 1.165) is 30.2 Å². The van der Waals surface area contributed by atoms with Crippen molar-refractivity contribution in [1.29, 1.82) is 0 Å². The van der Waals surface area contributed by atoms with Gasteiger partial charge in [0.25, 0.3) is 0 Å². The van der Waals surface area contributed by atoms with Crippen LogP contribution in [0.3, 0.4) is 0 Å². The maximum Gasteiger partial charge on any atom is 0.224 e. The van der Waals surface area contributed by atoms with E-state index in [-0.39, 0.29) is 5.91 Å². The van der Waals surface area contributed by atoms with Crippen molar-refractivity contribution in [3.05, 3.63) is 60.7 Å². The standard InChI is InChI=1S/C19H21N5O/c1-15-12-20-19(16-6-3-2-4-7-16)24(15)17-13-22(14-17)18(25)8-11-23-10-5-9-21-23/h2-7,9-10,12,17H,8,11,13-14H2,1H3. The van der Waals surface area contributed by atoms with E-state index in [9.17, 15) is 4.79 Å².